The van der Waals surface area contributed by atoms with E-state index in [0.717, 1.165) is 22.2 Å². The predicted octanol–water partition coefficient (Wildman–Crippen LogP) is 4.88. The highest BCUT2D eigenvalue weighted by Gasteiger charge is 2.13. The summed E-state index contributed by atoms with van der Waals surface area (Å²) in [5.41, 5.74) is 1.73. The van der Waals surface area contributed by atoms with E-state index in [1.54, 1.807) is 19.4 Å². The molecule has 2 aromatic heterocycles. The molecule has 0 unspecified atom stereocenters. The van der Waals surface area contributed by atoms with E-state index in [0.29, 0.717) is 22.5 Å². The third kappa shape index (κ3) is 3.84. The number of ether oxygens (including phenoxy) is 1. The van der Waals surface area contributed by atoms with Gasteiger partial charge >= 0.3 is 0 Å². The summed E-state index contributed by atoms with van der Waals surface area (Å²) in [7, 11) is 1.65. The molecule has 6 nitrogen and oxygen atoms in total. The summed E-state index contributed by atoms with van der Waals surface area (Å²) in [6, 6.07) is 15.2. The molecule has 0 aliphatic carbocycles. The first-order valence-corrected chi connectivity index (χ1v) is 9.49. The van der Waals surface area contributed by atoms with Gasteiger partial charge in [-0.25, -0.2) is 4.98 Å². The zero-order valence-corrected chi connectivity index (χ0v) is 15.9. The van der Waals surface area contributed by atoms with Crippen LogP contribution in [-0.2, 0) is 5.75 Å². The molecule has 0 saturated heterocycles. The fourth-order valence-electron chi connectivity index (χ4n) is 2.52. The summed E-state index contributed by atoms with van der Waals surface area (Å²) in [4.78, 5) is 8.85. The van der Waals surface area contributed by atoms with Gasteiger partial charge in [0.05, 0.1) is 23.4 Å². The summed E-state index contributed by atoms with van der Waals surface area (Å²) in [5, 5.41) is 5.46. The second-order valence-corrected chi connectivity index (χ2v) is 6.91. The average molecular weight is 399 g/mol. The number of rotatable bonds is 6. The van der Waals surface area contributed by atoms with Crippen LogP contribution in [0.4, 0.5) is 0 Å². The van der Waals surface area contributed by atoms with Gasteiger partial charge in [0.25, 0.3) is 5.89 Å². The van der Waals surface area contributed by atoms with Gasteiger partial charge in [0.1, 0.15) is 5.75 Å². The Bertz CT molecular complexity index is 1050. The van der Waals surface area contributed by atoms with Crippen molar-refractivity contribution in [3.8, 4) is 22.9 Å². The standard InChI is InChI=1S/C19H15ClN4O2S/c1-25-14-8-6-13(7-9-14)24-11-10-21-19(24)27-12-17-22-18(26-23-17)15-4-2-3-5-16(15)20/h2-11H,12H2,1H3. The quantitative estimate of drug-likeness (QED) is 0.431. The summed E-state index contributed by atoms with van der Waals surface area (Å²) in [5.74, 6) is 2.34. The Morgan fingerprint density at radius 3 is 2.74 bits per heavy atom. The number of benzene rings is 2. The lowest BCUT2D eigenvalue weighted by molar-refractivity contribution is 0.414. The van der Waals surface area contributed by atoms with Gasteiger partial charge in [-0.1, -0.05) is 40.7 Å². The maximum Gasteiger partial charge on any atom is 0.259 e. The van der Waals surface area contributed by atoms with E-state index in [9.17, 15) is 0 Å². The van der Waals surface area contributed by atoms with E-state index in [4.69, 9.17) is 20.9 Å². The first-order valence-electron chi connectivity index (χ1n) is 8.12. The smallest absolute Gasteiger partial charge is 0.259 e. The highest BCUT2D eigenvalue weighted by molar-refractivity contribution is 7.98. The largest absolute Gasteiger partial charge is 0.497 e. The summed E-state index contributed by atoms with van der Waals surface area (Å²) in [6.45, 7) is 0. The summed E-state index contributed by atoms with van der Waals surface area (Å²) < 4.78 is 12.5. The number of hydrogen-bond acceptors (Lipinski definition) is 6. The molecule has 27 heavy (non-hydrogen) atoms. The molecule has 0 aliphatic rings. The van der Waals surface area contributed by atoms with Gasteiger partial charge in [-0.2, -0.15) is 4.98 Å². The molecule has 0 atom stereocenters. The maximum atomic E-state index is 6.18. The molecule has 4 rings (SSSR count). The van der Waals surface area contributed by atoms with Gasteiger partial charge in [0.2, 0.25) is 0 Å². The number of methoxy groups -OCH3 is 1. The van der Waals surface area contributed by atoms with Crippen LogP contribution in [0.2, 0.25) is 5.02 Å². The molecule has 0 fully saturated rings. The van der Waals surface area contributed by atoms with Crippen LogP contribution < -0.4 is 4.74 Å². The maximum absolute atomic E-state index is 6.18. The van der Waals surface area contributed by atoms with Gasteiger partial charge in [-0.05, 0) is 36.4 Å². The van der Waals surface area contributed by atoms with Crippen LogP contribution in [0, 0.1) is 0 Å². The lowest BCUT2D eigenvalue weighted by Gasteiger charge is -2.07. The minimum Gasteiger partial charge on any atom is -0.497 e. The molecule has 0 spiro atoms. The number of aromatic nitrogens is 4. The van der Waals surface area contributed by atoms with Crippen molar-refractivity contribution in [2.75, 3.05) is 7.11 Å². The average Bonchev–Trinajstić information content (AvgIpc) is 3.36. The van der Waals surface area contributed by atoms with Gasteiger partial charge in [-0.3, -0.25) is 4.57 Å². The highest BCUT2D eigenvalue weighted by atomic mass is 35.5. The van der Waals surface area contributed by atoms with E-state index < -0.39 is 0 Å². The first kappa shape index (κ1) is 17.6. The van der Waals surface area contributed by atoms with Crippen LogP contribution in [-0.4, -0.2) is 26.8 Å². The highest BCUT2D eigenvalue weighted by Crippen LogP contribution is 2.28. The molecule has 0 N–H and O–H groups in total. The second-order valence-electron chi connectivity index (χ2n) is 5.56. The van der Waals surface area contributed by atoms with Crippen molar-refractivity contribution in [2.24, 2.45) is 0 Å². The van der Waals surface area contributed by atoms with Gasteiger partial charge in [0.15, 0.2) is 11.0 Å². The van der Waals surface area contributed by atoms with Gasteiger partial charge in [0, 0.05) is 18.1 Å². The molecule has 4 aromatic rings. The van der Waals surface area contributed by atoms with Gasteiger partial charge < -0.3 is 9.26 Å². The Hall–Kier alpha value is -2.77. The minimum absolute atomic E-state index is 0.412. The lowest BCUT2D eigenvalue weighted by Crippen LogP contribution is -1.96. The van der Waals surface area contributed by atoms with E-state index in [-0.39, 0.29) is 0 Å². The topological polar surface area (TPSA) is 66.0 Å². The third-order valence-corrected chi connectivity index (χ3v) is 5.15. The molecule has 0 saturated carbocycles. The molecule has 0 amide bonds. The lowest BCUT2D eigenvalue weighted by atomic mass is 10.2. The Labute approximate surface area is 165 Å². The Balaban J connectivity index is 1.49. The first-order chi connectivity index (χ1) is 13.2. The van der Waals surface area contributed by atoms with E-state index in [1.165, 1.54) is 11.8 Å². The second kappa shape index (κ2) is 7.85. The van der Waals surface area contributed by atoms with Gasteiger partial charge in [-0.15, -0.1) is 0 Å². The van der Waals surface area contributed by atoms with Crippen LogP contribution >= 0.6 is 23.4 Å². The Kier molecular flexibility index (Phi) is 5.13. The SMILES string of the molecule is COc1ccc(-n2ccnc2SCc2noc(-c3ccccc3Cl)n2)cc1. The molecule has 0 aliphatic heterocycles. The van der Waals surface area contributed by atoms with Crippen molar-refractivity contribution in [1.82, 2.24) is 19.7 Å². The van der Waals surface area contributed by atoms with Crippen LogP contribution in [0.3, 0.4) is 0 Å². The number of halogens is 1. The van der Waals surface area contributed by atoms with Crippen molar-refractivity contribution >= 4 is 23.4 Å². The van der Waals surface area contributed by atoms with Crippen molar-refractivity contribution in [3.05, 3.63) is 71.8 Å². The van der Waals surface area contributed by atoms with Crippen molar-refractivity contribution < 1.29 is 9.26 Å². The zero-order chi connectivity index (χ0) is 18.6. The third-order valence-electron chi connectivity index (χ3n) is 3.86. The fourth-order valence-corrected chi connectivity index (χ4v) is 3.55. The molecule has 136 valence electrons. The van der Waals surface area contributed by atoms with E-state index in [2.05, 4.69) is 15.1 Å². The van der Waals surface area contributed by atoms with E-state index in [1.807, 2.05) is 53.2 Å². The number of imidazole rings is 1. The van der Waals surface area contributed by atoms with Crippen LogP contribution in [0.15, 0.2) is 70.6 Å². The predicted molar refractivity (Wildman–Crippen MR) is 104 cm³/mol. The van der Waals surface area contributed by atoms with Crippen molar-refractivity contribution in [2.45, 2.75) is 10.9 Å². The number of thioether (sulfide) groups is 1. The molecule has 2 heterocycles. The number of hydrogen-bond donors (Lipinski definition) is 0. The monoisotopic (exact) mass is 398 g/mol. The van der Waals surface area contributed by atoms with Crippen molar-refractivity contribution in [1.29, 1.82) is 0 Å². The molecular formula is C19H15ClN4O2S. The van der Waals surface area contributed by atoms with E-state index >= 15 is 0 Å². The molecule has 0 bridgehead atoms. The minimum atomic E-state index is 0.412. The van der Waals surface area contributed by atoms with Crippen LogP contribution in [0.5, 0.6) is 5.75 Å². The molecule has 2 aromatic carbocycles. The summed E-state index contributed by atoms with van der Waals surface area (Å²) >= 11 is 7.71. The zero-order valence-electron chi connectivity index (χ0n) is 14.4. The number of nitrogens with zero attached hydrogens (tertiary/aromatic N) is 4. The van der Waals surface area contributed by atoms with Crippen LogP contribution in [0.25, 0.3) is 17.1 Å². The Morgan fingerprint density at radius 2 is 1.96 bits per heavy atom. The molecule has 0 radical (unpaired) electrons. The molecular weight excluding hydrogens is 384 g/mol. The summed E-state index contributed by atoms with van der Waals surface area (Å²) in [6.07, 6.45) is 3.67. The van der Waals surface area contributed by atoms with Crippen LogP contribution in [0.1, 0.15) is 5.82 Å². The fraction of sp³-hybridized carbons (Fsp3) is 0.105. The van der Waals surface area contributed by atoms with Crippen molar-refractivity contribution in [3.63, 3.8) is 0 Å². The Morgan fingerprint density at radius 1 is 1.15 bits per heavy atom. The molecule has 8 heteroatoms. The normalized spacial score (nSPS) is 10.9.